The van der Waals surface area contributed by atoms with Gasteiger partial charge in [0.15, 0.2) is 5.13 Å². The number of sulfonamides is 1. The summed E-state index contributed by atoms with van der Waals surface area (Å²) in [7, 11) is -2.06. The van der Waals surface area contributed by atoms with Crippen molar-refractivity contribution < 1.29 is 22.4 Å². The van der Waals surface area contributed by atoms with Crippen LogP contribution >= 0.6 is 11.3 Å². The van der Waals surface area contributed by atoms with E-state index in [0.717, 1.165) is 17.5 Å². The molecule has 0 N–H and O–H groups in total. The zero-order chi connectivity index (χ0) is 25.7. The van der Waals surface area contributed by atoms with E-state index < -0.39 is 10.0 Å². The monoisotopic (exact) mass is 527 g/mol. The van der Waals surface area contributed by atoms with E-state index in [-0.39, 0.29) is 17.3 Å². The average molecular weight is 528 g/mol. The van der Waals surface area contributed by atoms with Gasteiger partial charge >= 0.3 is 0 Å². The molecule has 36 heavy (non-hydrogen) atoms. The maximum atomic E-state index is 13.7. The number of carbonyl (C=O) groups is 1. The lowest BCUT2D eigenvalue weighted by Gasteiger charge is -2.20. The van der Waals surface area contributed by atoms with Crippen molar-refractivity contribution in [2.24, 2.45) is 0 Å². The first-order valence-electron chi connectivity index (χ1n) is 11.8. The Hall–Kier alpha value is -3.21. The summed E-state index contributed by atoms with van der Waals surface area (Å²) < 4.78 is 39.2. The average Bonchev–Trinajstić information content (AvgIpc) is 3.56. The van der Waals surface area contributed by atoms with Crippen LogP contribution in [0.4, 0.5) is 5.13 Å². The minimum absolute atomic E-state index is 0.150. The molecule has 0 unspecified atom stereocenters. The van der Waals surface area contributed by atoms with E-state index in [4.69, 9.17) is 14.1 Å². The van der Waals surface area contributed by atoms with Crippen LogP contribution in [0.15, 0.2) is 70.2 Å². The van der Waals surface area contributed by atoms with Gasteiger partial charge in [-0.05, 0) is 61.9 Å². The van der Waals surface area contributed by atoms with Crippen molar-refractivity contribution in [2.45, 2.75) is 38.1 Å². The van der Waals surface area contributed by atoms with E-state index in [0.29, 0.717) is 40.9 Å². The van der Waals surface area contributed by atoms with E-state index in [1.165, 1.54) is 44.8 Å². The number of rotatable bonds is 11. The highest BCUT2D eigenvalue weighted by molar-refractivity contribution is 7.89. The number of para-hydroxylation sites is 1. The first kappa shape index (κ1) is 25.9. The smallest absolute Gasteiger partial charge is 0.260 e. The molecule has 8 nitrogen and oxygen atoms in total. The molecule has 10 heteroatoms. The van der Waals surface area contributed by atoms with E-state index in [9.17, 15) is 13.2 Å². The summed E-state index contributed by atoms with van der Waals surface area (Å²) in [5, 5.41) is 0.495. The van der Waals surface area contributed by atoms with Crippen molar-refractivity contribution >= 4 is 42.6 Å². The molecule has 190 valence electrons. The van der Waals surface area contributed by atoms with Crippen molar-refractivity contribution in [3.8, 4) is 5.75 Å². The normalized spacial score (nSPS) is 11.8. The van der Waals surface area contributed by atoms with E-state index in [2.05, 4.69) is 0 Å². The molecule has 0 spiro atoms. The van der Waals surface area contributed by atoms with E-state index in [1.807, 2.05) is 32.0 Å². The quantitative estimate of drug-likeness (QED) is 0.254. The molecule has 0 aliphatic heterocycles. The van der Waals surface area contributed by atoms with Gasteiger partial charge in [0.25, 0.3) is 5.91 Å². The molecule has 1 amide bonds. The second-order valence-electron chi connectivity index (χ2n) is 8.21. The Morgan fingerprint density at radius 2 is 1.86 bits per heavy atom. The van der Waals surface area contributed by atoms with Crippen LogP contribution in [0.3, 0.4) is 0 Å². The molecule has 0 saturated heterocycles. The fraction of sp³-hybridized carbons (Fsp3) is 0.308. The Bertz CT molecular complexity index is 1410. The maximum Gasteiger partial charge on any atom is 0.260 e. The summed E-state index contributed by atoms with van der Waals surface area (Å²) in [6.45, 7) is 5.04. The lowest BCUT2D eigenvalue weighted by molar-refractivity contribution is 0.0983. The Balaban J connectivity index is 1.66. The van der Waals surface area contributed by atoms with Crippen molar-refractivity contribution in [2.75, 3.05) is 25.1 Å². The molecule has 0 radical (unpaired) electrons. The maximum absolute atomic E-state index is 13.7. The SMILES string of the molecule is CCCCN(C)S(=O)(=O)c1ccc(C(=O)N(Cc2ccco2)c2nc3c(OCC)cccc3s2)cc1. The van der Waals surface area contributed by atoms with Gasteiger partial charge in [0.05, 0.1) is 29.0 Å². The summed E-state index contributed by atoms with van der Waals surface area (Å²) in [6.07, 6.45) is 3.23. The Kier molecular flexibility index (Phi) is 8.07. The van der Waals surface area contributed by atoms with Gasteiger partial charge in [0.2, 0.25) is 10.0 Å². The number of carbonyl (C=O) groups excluding carboxylic acids is 1. The summed E-state index contributed by atoms with van der Waals surface area (Å²) in [4.78, 5) is 20.1. The number of aromatic nitrogens is 1. The summed E-state index contributed by atoms with van der Waals surface area (Å²) >= 11 is 1.38. The number of hydrogen-bond donors (Lipinski definition) is 0. The van der Waals surface area contributed by atoms with Gasteiger partial charge in [-0.25, -0.2) is 17.7 Å². The van der Waals surface area contributed by atoms with Gasteiger partial charge in [-0.15, -0.1) is 0 Å². The number of ether oxygens (including phenoxy) is 1. The van der Waals surface area contributed by atoms with Gasteiger partial charge < -0.3 is 9.15 Å². The second-order valence-corrected chi connectivity index (χ2v) is 11.3. The van der Waals surface area contributed by atoms with Crippen LogP contribution in [0.1, 0.15) is 42.8 Å². The molecule has 2 aromatic carbocycles. The molecule has 2 heterocycles. The molecule has 0 saturated carbocycles. The van der Waals surface area contributed by atoms with Crippen LogP contribution in [0.25, 0.3) is 10.2 Å². The third kappa shape index (κ3) is 5.45. The number of anilines is 1. The lowest BCUT2D eigenvalue weighted by atomic mass is 10.2. The molecular weight excluding hydrogens is 498 g/mol. The van der Waals surface area contributed by atoms with Crippen LogP contribution in [0.2, 0.25) is 0 Å². The molecule has 0 bridgehead atoms. The Morgan fingerprint density at radius 3 is 2.53 bits per heavy atom. The molecule has 0 aliphatic rings. The van der Waals surface area contributed by atoms with Gasteiger partial charge in [-0.3, -0.25) is 9.69 Å². The number of nitrogens with zero attached hydrogens (tertiary/aromatic N) is 3. The van der Waals surface area contributed by atoms with Gasteiger partial charge in [0, 0.05) is 19.2 Å². The zero-order valence-electron chi connectivity index (χ0n) is 20.5. The van der Waals surface area contributed by atoms with Crippen LogP contribution < -0.4 is 9.64 Å². The first-order valence-corrected chi connectivity index (χ1v) is 14.0. The standard InChI is InChI=1S/C26H29N3O5S2/c1-4-6-16-28(3)36(31,32)21-14-12-19(13-15-21)25(30)29(18-20-9-8-17-34-20)26-27-24-22(33-5-2)10-7-11-23(24)35-26/h7-15,17H,4-6,16,18H2,1-3H3. The zero-order valence-corrected chi connectivity index (χ0v) is 22.1. The topological polar surface area (TPSA) is 93.0 Å². The Morgan fingerprint density at radius 1 is 1.08 bits per heavy atom. The second kappa shape index (κ2) is 11.2. The molecular formula is C26H29N3O5S2. The van der Waals surface area contributed by atoms with Gasteiger partial charge in [-0.2, -0.15) is 0 Å². The fourth-order valence-electron chi connectivity index (χ4n) is 3.69. The first-order chi connectivity index (χ1) is 17.3. The van der Waals surface area contributed by atoms with Crippen molar-refractivity contribution in [1.29, 1.82) is 0 Å². The van der Waals surface area contributed by atoms with Crippen molar-refractivity contribution in [1.82, 2.24) is 9.29 Å². The van der Waals surface area contributed by atoms with E-state index in [1.54, 1.807) is 25.4 Å². The molecule has 0 fully saturated rings. The number of unbranched alkanes of at least 4 members (excludes halogenated alkanes) is 1. The highest BCUT2D eigenvalue weighted by Crippen LogP contribution is 2.35. The fourth-order valence-corrected chi connectivity index (χ4v) is 5.88. The number of amides is 1. The number of hydrogen-bond acceptors (Lipinski definition) is 7. The largest absolute Gasteiger partial charge is 0.492 e. The van der Waals surface area contributed by atoms with Crippen LogP contribution in [0.5, 0.6) is 5.75 Å². The van der Waals surface area contributed by atoms with Crippen LogP contribution in [-0.2, 0) is 16.6 Å². The number of benzene rings is 2. The Labute approximate surface area is 215 Å². The van der Waals surface area contributed by atoms with Crippen LogP contribution in [-0.4, -0.2) is 43.8 Å². The van der Waals surface area contributed by atoms with Gasteiger partial charge in [0.1, 0.15) is 17.0 Å². The van der Waals surface area contributed by atoms with Gasteiger partial charge in [-0.1, -0.05) is 30.7 Å². The highest BCUT2D eigenvalue weighted by atomic mass is 32.2. The predicted molar refractivity (Wildman–Crippen MR) is 141 cm³/mol. The minimum atomic E-state index is -3.63. The third-order valence-corrected chi connectivity index (χ3v) is 8.59. The molecule has 4 rings (SSSR count). The van der Waals surface area contributed by atoms with Crippen LogP contribution in [0, 0.1) is 0 Å². The molecule has 4 aromatic rings. The predicted octanol–water partition coefficient (Wildman–Crippen LogP) is 5.56. The minimum Gasteiger partial charge on any atom is -0.492 e. The van der Waals surface area contributed by atoms with Crippen molar-refractivity contribution in [3.63, 3.8) is 0 Å². The summed E-state index contributed by atoms with van der Waals surface area (Å²) in [5.41, 5.74) is 1.04. The number of furan rings is 1. The van der Waals surface area contributed by atoms with E-state index >= 15 is 0 Å². The third-order valence-electron chi connectivity index (χ3n) is 5.68. The molecule has 2 aromatic heterocycles. The summed E-state index contributed by atoms with van der Waals surface area (Å²) in [6, 6.07) is 15.3. The number of thiazole rings is 1. The lowest BCUT2D eigenvalue weighted by Crippen LogP contribution is -2.30. The van der Waals surface area contributed by atoms with Crippen molar-refractivity contribution in [3.05, 3.63) is 72.2 Å². The number of fused-ring (bicyclic) bond motifs is 1. The summed E-state index contributed by atoms with van der Waals surface area (Å²) in [5.74, 6) is 0.945. The molecule has 0 atom stereocenters. The molecule has 0 aliphatic carbocycles. The highest BCUT2D eigenvalue weighted by Gasteiger charge is 2.25.